The summed E-state index contributed by atoms with van der Waals surface area (Å²) in [5.74, 6) is -1.41. The standard InChI is InChI=1S/C19H24F2N4O3/c1-28-16-9-13-14(10-15(16)27)22-18(24-7-4-19(20,21)5-8-24)23-17(13)25-6-2-3-12(26)11-25/h9-10,12,26-27H,2-8,11H2,1H3. The number of alkyl halides is 2. The molecule has 0 spiro atoms. The molecule has 4 rings (SSSR count). The maximum atomic E-state index is 13.5. The lowest BCUT2D eigenvalue weighted by molar-refractivity contribution is -0.0222. The molecule has 0 aliphatic carbocycles. The summed E-state index contributed by atoms with van der Waals surface area (Å²) in [6.07, 6.45) is 0.639. The van der Waals surface area contributed by atoms with Crippen molar-refractivity contribution in [1.82, 2.24) is 9.97 Å². The van der Waals surface area contributed by atoms with Gasteiger partial charge in [0.15, 0.2) is 11.5 Å². The number of halogens is 2. The van der Waals surface area contributed by atoms with Gasteiger partial charge >= 0.3 is 0 Å². The predicted octanol–water partition coefficient (Wildman–Crippen LogP) is 2.54. The molecule has 0 saturated carbocycles. The van der Waals surface area contributed by atoms with Crippen LogP contribution in [0, 0.1) is 0 Å². The van der Waals surface area contributed by atoms with Gasteiger partial charge in [-0.05, 0) is 18.9 Å². The van der Waals surface area contributed by atoms with Crippen LogP contribution >= 0.6 is 0 Å². The normalized spacial score (nSPS) is 22.5. The number of aromatic nitrogens is 2. The van der Waals surface area contributed by atoms with E-state index in [9.17, 15) is 19.0 Å². The molecule has 1 aromatic carbocycles. The number of methoxy groups -OCH3 is 1. The molecule has 2 fully saturated rings. The Labute approximate surface area is 161 Å². The Kier molecular flexibility index (Phi) is 4.86. The third kappa shape index (κ3) is 3.63. The Hall–Kier alpha value is -2.42. The van der Waals surface area contributed by atoms with Gasteiger partial charge in [0, 0.05) is 50.5 Å². The number of hydrogen-bond acceptors (Lipinski definition) is 7. The van der Waals surface area contributed by atoms with Gasteiger partial charge in [0.1, 0.15) is 5.82 Å². The minimum atomic E-state index is -2.65. The number of anilines is 2. The second-order valence-corrected chi connectivity index (χ2v) is 7.47. The Morgan fingerprint density at radius 1 is 1.14 bits per heavy atom. The second kappa shape index (κ2) is 7.20. The molecule has 3 heterocycles. The number of nitrogens with zero attached hydrogens (tertiary/aromatic N) is 4. The number of ether oxygens (including phenoxy) is 1. The van der Waals surface area contributed by atoms with E-state index in [2.05, 4.69) is 9.97 Å². The van der Waals surface area contributed by atoms with Crippen LogP contribution in [0.4, 0.5) is 20.5 Å². The van der Waals surface area contributed by atoms with Crippen LogP contribution in [0.25, 0.3) is 10.9 Å². The monoisotopic (exact) mass is 394 g/mol. The number of aromatic hydroxyl groups is 1. The Morgan fingerprint density at radius 3 is 2.57 bits per heavy atom. The number of β-amino-alcohol motifs (C(OH)–C–C–N with tert-alkyl or cyclic N) is 1. The fourth-order valence-corrected chi connectivity index (χ4v) is 3.84. The average molecular weight is 394 g/mol. The fourth-order valence-electron chi connectivity index (χ4n) is 3.84. The van der Waals surface area contributed by atoms with E-state index in [1.54, 1.807) is 11.0 Å². The van der Waals surface area contributed by atoms with Crippen molar-refractivity contribution in [2.24, 2.45) is 0 Å². The van der Waals surface area contributed by atoms with Gasteiger partial charge in [-0.3, -0.25) is 0 Å². The van der Waals surface area contributed by atoms with Crippen molar-refractivity contribution in [1.29, 1.82) is 0 Å². The zero-order valence-corrected chi connectivity index (χ0v) is 15.7. The largest absolute Gasteiger partial charge is 0.504 e. The summed E-state index contributed by atoms with van der Waals surface area (Å²) in [6.45, 7) is 1.50. The number of rotatable bonds is 3. The lowest BCUT2D eigenvalue weighted by Gasteiger charge is -2.34. The molecule has 2 saturated heterocycles. The van der Waals surface area contributed by atoms with Crippen LogP contribution < -0.4 is 14.5 Å². The minimum absolute atomic E-state index is 0.0468. The van der Waals surface area contributed by atoms with Crippen LogP contribution in [0.5, 0.6) is 11.5 Å². The Balaban J connectivity index is 1.79. The number of piperidine rings is 2. The highest BCUT2D eigenvalue weighted by atomic mass is 19.3. The molecular weight excluding hydrogens is 370 g/mol. The molecule has 1 unspecified atom stereocenters. The van der Waals surface area contributed by atoms with Gasteiger partial charge in [0.05, 0.1) is 18.7 Å². The van der Waals surface area contributed by atoms with Gasteiger partial charge in [-0.25, -0.2) is 13.8 Å². The van der Waals surface area contributed by atoms with E-state index in [1.807, 2.05) is 4.90 Å². The van der Waals surface area contributed by atoms with Crippen molar-refractivity contribution in [2.45, 2.75) is 37.7 Å². The maximum absolute atomic E-state index is 13.5. The Morgan fingerprint density at radius 2 is 1.89 bits per heavy atom. The molecule has 0 radical (unpaired) electrons. The molecule has 0 amide bonds. The molecule has 0 bridgehead atoms. The highest BCUT2D eigenvalue weighted by Crippen LogP contribution is 2.37. The smallest absolute Gasteiger partial charge is 0.251 e. The zero-order valence-electron chi connectivity index (χ0n) is 15.7. The first-order valence-electron chi connectivity index (χ1n) is 9.51. The van der Waals surface area contributed by atoms with Gasteiger partial charge in [-0.1, -0.05) is 0 Å². The maximum Gasteiger partial charge on any atom is 0.251 e. The zero-order chi connectivity index (χ0) is 19.9. The molecule has 1 aromatic heterocycles. The van der Waals surface area contributed by atoms with E-state index in [-0.39, 0.29) is 31.7 Å². The van der Waals surface area contributed by atoms with Crippen molar-refractivity contribution in [3.63, 3.8) is 0 Å². The lowest BCUT2D eigenvalue weighted by atomic mass is 10.1. The number of phenolic OH excluding ortho intramolecular Hbond substituents is 1. The molecule has 152 valence electrons. The number of phenols is 1. The lowest BCUT2D eigenvalue weighted by Crippen LogP contribution is -2.41. The first kappa shape index (κ1) is 18.9. The van der Waals surface area contributed by atoms with Gasteiger partial charge in [-0.15, -0.1) is 0 Å². The number of hydrogen-bond donors (Lipinski definition) is 2. The third-order valence-electron chi connectivity index (χ3n) is 5.44. The molecular formula is C19H24F2N4O3. The van der Waals surface area contributed by atoms with E-state index in [4.69, 9.17) is 4.74 Å². The highest BCUT2D eigenvalue weighted by Gasteiger charge is 2.35. The SMILES string of the molecule is COc1cc2c(N3CCCC(O)C3)nc(N3CCC(F)(F)CC3)nc2cc1O. The van der Waals surface area contributed by atoms with Crippen molar-refractivity contribution in [3.05, 3.63) is 12.1 Å². The molecule has 2 aliphatic heterocycles. The van der Waals surface area contributed by atoms with Crippen molar-refractivity contribution in [2.75, 3.05) is 43.1 Å². The summed E-state index contributed by atoms with van der Waals surface area (Å²) in [5, 5.41) is 20.9. The van der Waals surface area contributed by atoms with Gasteiger partial charge < -0.3 is 24.7 Å². The number of benzene rings is 1. The Bertz CT molecular complexity index is 870. The first-order chi connectivity index (χ1) is 13.4. The van der Waals surface area contributed by atoms with Gasteiger partial charge in [-0.2, -0.15) is 4.98 Å². The third-order valence-corrected chi connectivity index (χ3v) is 5.44. The van der Waals surface area contributed by atoms with E-state index >= 15 is 0 Å². The quantitative estimate of drug-likeness (QED) is 0.828. The predicted molar refractivity (Wildman–Crippen MR) is 102 cm³/mol. The van der Waals surface area contributed by atoms with Crippen molar-refractivity contribution in [3.8, 4) is 11.5 Å². The summed E-state index contributed by atoms with van der Waals surface area (Å²) in [5.41, 5.74) is 0.510. The summed E-state index contributed by atoms with van der Waals surface area (Å²) in [7, 11) is 1.47. The van der Waals surface area contributed by atoms with Crippen LogP contribution in [-0.2, 0) is 0 Å². The van der Waals surface area contributed by atoms with Crippen molar-refractivity contribution < 1.29 is 23.7 Å². The molecule has 1 atom stereocenters. The second-order valence-electron chi connectivity index (χ2n) is 7.47. The van der Waals surface area contributed by atoms with E-state index in [0.717, 1.165) is 19.4 Å². The summed E-state index contributed by atoms with van der Waals surface area (Å²) < 4.78 is 32.3. The highest BCUT2D eigenvalue weighted by molar-refractivity contribution is 5.93. The van der Waals surface area contributed by atoms with Crippen LogP contribution in [0.1, 0.15) is 25.7 Å². The average Bonchev–Trinajstić information content (AvgIpc) is 2.66. The summed E-state index contributed by atoms with van der Waals surface area (Å²) >= 11 is 0. The van der Waals surface area contributed by atoms with Crippen LogP contribution in [0.3, 0.4) is 0 Å². The number of aliphatic hydroxyl groups excluding tert-OH is 1. The van der Waals surface area contributed by atoms with Gasteiger partial charge in [0.2, 0.25) is 5.95 Å². The van der Waals surface area contributed by atoms with E-state index in [1.165, 1.54) is 13.2 Å². The first-order valence-corrected chi connectivity index (χ1v) is 9.51. The summed E-state index contributed by atoms with van der Waals surface area (Å²) in [4.78, 5) is 12.9. The van der Waals surface area contributed by atoms with Crippen LogP contribution in [-0.4, -0.2) is 65.5 Å². The number of aliphatic hydroxyl groups is 1. The van der Waals surface area contributed by atoms with Crippen LogP contribution in [0.2, 0.25) is 0 Å². The van der Waals surface area contributed by atoms with E-state index in [0.29, 0.717) is 35.0 Å². The van der Waals surface area contributed by atoms with Gasteiger partial charge in [0.25, 0.3) is 5.92 Å². The topological polar surface area (TPSA) is 82.0 Å². The molecule has 9 heteroatoms. The number of fused-ring (bicyclic) bond motifs is 1. The molecule has 28 heavy (non-hydrogen) atoms. The van der Waals surface area contributed by atoms with Crippen LogP contribution in [0.15, 0.2) is 12.1 Å². The fraction of sp³-hybridized carbons (Fsp3) is 0.579. The molecule has 2 N–H and O–H groups in total. The molecule has 7 nitrogen and oxygen atoms in total. The van der Waals surface area contributed by atoms with E-state index < -0.39 is 12.0 Å². The molecule has 2 aromatic rings. The molecule has 2 aliphatic rings. The minimum Gasteiger partial charge on any atom is -0.504 e. The van der Waals surface area contributed by atoms with Crippen molar-refractivity contribution >= 4 is 22.7 Å². The summed E-state index contributed by atoms with van der Waals surface area (Å²) in [6, 6.07) is 3.18.